The van der Waals surface area contributed by atoms with Gasteiger partial charge in [-0.25, -0.2) is 0 Å². The number of hydrogen-bond donors (Lipinski definition) is 1. The SMILES string of the molecule is COC(=O)C(Sc1ccc(CO)cc1)C1CC1. The zero-order chi connectivity index (χ0) is 12.3. The van der Waals surface area contributed by atoms with Crippen molar-refractivity contribution in [2.75, 3.05) is 7.11 Å². The third kappa shape index (κ3) is 3.23. The summed E-state index contributed by atoms with van der Waals surface area (Å²) in [5.74, 6) is 0.328. The number of carbonyl (C=O) groups excluding carboxylic acids is 1. The molecule has 1 saturated carbocycles. The van der Waals surface area contributed by atoms with Crippen LogP contribution in [-0.2, 0) is 16.1 Å². The van der Waals surface area contributed by atoms with Crippen LogP contribution in [0.1, 0.15) is 18.4 Å². The number of methoxy groups -OCH3 is 1. The molecule has 0 aliphatic heterocycles. The third-order valence-electron chi connectivity index (χ3n) is 2.85. The van der Waals surface area contributed by atoms with Crippen LogP contribution in [0.15, 0.2) is 29.2 Å². The van der Waals surface area contributed by atoms with Crippen molar-refractivity contribution in [1.29, 1.82) is 0 Å². The number of hydrogen-bond acceptors (Lipinski definition) is 4. The molecule has 0 bridgehead atoms. The number of rotatable bonds is 5. The average Bonchev–Trinajstić information content (AvgIpc) is 3.20. The van der Waals surface area contributed by atoms with Gasteiger partial charge in [0.2, 0.25) is 0 Å². The summed E-state index contributed by atoms with van der Waals surface area (Å²) >= 11 is 1.56. The standard InChI is InChI=1S/C13H16O3S/c1-16-13(15)12(10-4-5-10)17-11-6-2-9(8-14)3-7-11/h2-3,6-7,10,12,14H,4-5,8H2,1H3. The second kappa shape index (κ2) is 5.56. The van der Waals surface area contributed by atoms with E-state index >= 15 is 0 Å². The summed E-state index contributed by atoms with van der Waals surface area (Å²) in [6.45, 7) is 0.0496. The Morgan fingerprint density at radius 1 is 1.47 bits per heavy atom. The number of ether oxygens (including phenoxy) is 1. The highest BCUT2D eigenvalue weighted by molar-refractivity contribution is 8.00. The summed E-state index contributed by atoms with van der Waals surface area (Å²) in [5, 5.41) is 8.87. The van der Waals surface area contributed by atoms with Crippen LogP contribution >= 0.6 is 11.8 Å². The lowest BCUT2D eigenvalue weighted by molar-refractivity contribution is -0.140. The Balaban J connectivity index is 2.03. The zero-order valence-corrected chi connectivity index (χ0v) is 10.6. The first kappa shape index (κ1) is 12.5. The van der Waals surface area contributed by atoms with E-state index in [1.165, 1.54) is 7.11 Å². The number of thioether (sulfide) groups is 1. The van der Waals surface area contributed by atoms with Gasteiger partial charge in [-0.2, -0.15) is 0 Å². The van der Waals surface area contributed by atoms with E-state index in [1.54, 1.807) is 11.8 Å². The van der Waals surface area contributed by atoms with Gasteiger partial charge in [-0.3, -0.25) is 4.79 Å². The number of esters is 1. The van der Waals surface area contributed by atoms with Crippen molar-refractivity contribution in [2.24, 2.45) is 5.92 Å². The largest absolute Gasteiger partial charge is 0.468 e. The molecule has 1 atom stereocenters. The van der Waals surface area contributed by atoms with Gasteiger partial charge in [-0.1, -0.05) is 12.1 Å². The molecule has 1 aliphatic carbocycles. The molecule has 0 saturated heterocycles. The molecule has 1 fully saturated rings. The Morgan fingerprint density at radius 2 is 2.12 bits per heavy atom. The maximum Gasteiger partial charge on any atom is 0.319 e. The monoisotopic (exact) mass is 252 g/mol. The van der Waals surface area contributed by atoms with Crippen molar-refractivity contribution >= 4 is 17.7 Å². The van der Waals surface area contributed by atoms with Crippen LogP contribution in [0.4, 0.5) is 0 Å². The summed E-state index contributed by atoms with van der Waals surface area (Å²) in [5.41, 5.74) is 0.885. The van der Waals surface area contributed by atoms with Crippen LogP contribution in [0.25, 0.3) is 0 Å². The van der Waals surface area contributed by atoms with Crippen LogP contribution in [-0.4, -0.2) is 23.4 Å². The summed E-state index contributed by atoms with van der Waals surface area (Å²) in [6.07, 6.45) is 2.23. The van der Waals surface area contributed by atoms with E-state index in [-0.39, 0.29) is 17.8 Å². The van der Waals surface area contributed by atoms with Gasteiger partial charge in [0.15, 0.2) is 0 Å². The maximum absolute atomic E-state index is 11.6. The van der Waals surface area contributed by atoms with Crippen molar-refractivity contribution in [1.82, 2.24) is 0 Å². The van der Waals surface area contributed by atoms with E-state index in [9.17, 15) is 4.79 Å². The van der Waals surface area contributed by atoms with Gasteiger partial charge in [0.1, 0.15) is 5.25 Å². The Labute approximate surface area is 105 Å². The van der Waals surface area contributed by atoms with Gasteiger partial charge >= 0.3 is 5.97 Å². The molecular weight excluding hydrogens is 236 g/mol. The van der Waals surface area contributed by atoms with Gasteiger partial charge in [-0.05, 0) is 36.5 Å². The highest BCUT2D eigenvalue weighted by Crippen LogP contribution is 2.42. The fraction of sp³-hybridized carbons (Fsp3) is 0.462. The summed E-state index contributed by atoms with van der Waals surface area (Å²) in [6, 6.07) is 7.64. The van der Waals surface area contributed by atoms with Gasteiger partial charge in [0.25, 0.3) is 0 Å². The van der Waals surface area contributed by atoms with Gasteiger partial charge in [-0.15, -0.1) is 11.8 Å². The second-order valence-corrected chi connectivity index (χ2v) is 5.42. The van der Waals surface area contributed by atoms with Crippen LogP contribution in [0.2, 0.25) is 0 Å². The lowest BCUT2D eigenvalue weighted by Gasteiger charge is -2.13. The topological polar surface area (TPSA) is 46.5 Å². The van der Waals surface area contributed by atoms with E-state index in [4.69, 9.17) is 9.84 Å². The van der Waals surface area contributed by atoms with Crippen LogP contribution in [0, 0.1) is 5.92 Å². The molecule has 1 unspecified atom stereocenters. The lowest BCUT2D eigenvalue weighted by atomic mass is 10.2. The molecule has 17 heavy (non-hydrogen) atoms. The number of benzene rings is 1. The molecule has 1 aromatic carbocycles. The summed E-state index contributed by atoms with van der Waals surface area (Å²) < 4.78 is 4.83. The highest BCUT2D eigenvalue weighted by Gasteiger charge is 2.37. The first-order chi connectivity index (χ1) is 8.24. The van der Waals surface area contributed by atoms with Crippen molar-refractivity contribution in [2.45, 2.75) is 29.6 Å². The van der Waals surface area contributed by atoms with Crippen molar-refractivity contribution < 1.29 is 14.6 Å². The first-order valence-corrected chi connectivity index (χ1v) is 6.57. The molecule has 0 aromatic heterocycles. The van der Waals surface area contributed by atoms with Gasteiger partial charge < -0.3 is 9.84 Å². The van der Waals surface area contributed by atoms with E-state index in [1.807, 2.05) is 24.3 Å². The Hall–Kier alpha value is -1.00. The predicted octanol–water partition coefficient (Wildman–Crippen LogP) is 2.22. The second-order valence-electron chi connectivity index (χ2n) is 4.20. The smallest absolute Gasteiger partial charge is 0.319 e. The number of aliphatic hydroxyl groups is 1. The maximum atomic E-state index is 11.6. The van der Waals surface area contributed by atoms with Crippen LogP contribution in [0.3, 0.4) is 0 Å². The number of carbonyl (C=O) groups is 1. The minimum Gasteiger partial charge on any atom is -0.468 e. The van der Waals surface area contributed by atoms with Crippen LogP contribution < -0.4 is 0 Å². The molecule has 1 N–H and O–H groups in total. The van der Waals surface area contributed by atoms with Gasteiger partial charge in [0, 0.05) is 4.90 Å². The molecule has 0 radical (unpaired) electrons. The molecule has 4 heteroatoms. The quantitative estimate of drug-likeness (QED) is 0.645. The molecule has 1 aromatic rings. The lowest BCUT2D eigenvalue weighted by Crippen LogP contribution is -2.20. The Morgan fingerprint density at radius 3 is 2.59 bits per heavy atom. The first-order valence-electron chi connectivity index (χ1n) is 5.69. The predicted molar refractivity (Wildman–Crippen MR) is 66.7 cm³/mol. The van der Waals surface area contributed by atoms with E-state index in [0.717, 1.165) is 23.3 Å². The van der Waals surface area contributed by atoms with Crippen molar-refractivity contribution in [3.8, 4) is 0 Å². The molecule has 0 amide bonds. The molecule has 3 nitrogen and oxygen atoms in total. The third-order valence-corrected chi connectivity index (χ3v) is 4.23. The van der Waals surface area contributed by atoms with Crippen molar-refractivity contribution in [3.05, 3.63) is 29.8 Å². The van der Waals surface area contributed by atoms with Crippen molar-refractivity contribution in [3.63, 3.8) is 0 Å². The van der Waals surface area contributed by atoms with E-state index in [2.05, 4.69) is 0 Å². The molecule has 0 spiro atoms. The minimum absolute atomic E-state index is 0.0496. The summed E-state index contributed by atoms with van der Waals surface area (Å²) in [4.78, 5) is 12.7. The highest BCUT2D eigenvalue weighted by atomic mass is 32.2. The summed E-state index contributed by atoms with van der Waals surface area (Å²) in [7, 11) is 1.44. The molecular formula is C13H16O3S. The normalized spacial score (nSPS) is 16.6. The van der Waals surface area contributed by atoms with Gasteiger partial charge in [0.05, 0.1) is 13.7 Å². The molecule has 1 aliphatic rings. The Bertz CT molecular complexity index is 384. The average molecular weight is 252 g/mol. The fourth-order valence-electron chi connectivity index (χ4n) is 1.67. The zero-order valence-electron chi connectivity index (χ0n) is 9.76. The van der Waals surface area contributed by atoms with E-state index in [0.29, 0.717) is 5.92 Å². The van der Waals surface area contributed by atoms with E-state index < -0.39 is 0 Å². The molecule has 2 rings (SSSR count). The fourth-order valence-corrected chi connectivity index (χ4v) is 2.92. The minimum atomic E-state index is -0.135. The molecule has 0 heterocycles. The van der Waals surface area contributed by atoms with Crippen LogP contribution in [0.5, 0.6) is 0 Å². The molecule has 92 valence electrons. The number of aliphatic hydroxyl groups excluding tert-OH is 1. The Kier molecular flexibility index (Phi) is 4.07.